The second-order valence-electron chi connectivity index (χ2n) is 5.51. The number of nitrogens with zero attached hydrogens (tertiary/aromatic N) is 1. The lowest BCUT2D eigenvalue weighted by atomic mass is 9.97. The smallest absolute Gasteiger partial charge is 0.0406 e. The van der Waals surface area contributed by atoms with Crippen molar-refractivity contribution in [1.29, 1.82) is 0 Å². The van der Waals surface area contributed by atoms with Gasteiger partial charge in [-0.05, 0) is 37.2 Å². The van der Waals surface area contributed by atoms with Gasteiger partial charge in [0.2, 0.25) is 0 Å². The second-order valence-corrected chi connectivity index (χ2v) is 5.95. The molecule has 0 heterocycles. The number of benzene rings is 2. The largest absolute Gasteiger partial charge is 0.330 e. The molecule has 2 rings (SSSR count). The van der Waals surface area contributed by atoms with Crippen LogP contribution in [0.15, 0.2) is 54.6 Å². The number of hydrogen-bond donors (Lipinski definition) is 1. The summed E-state index contributed by atoms with van der Waals surface area (Å²) in [6.07, 6.45) is 0. The average molecular weight is 303 g/mol. The van der Waals surface area contributed by atoms with Gasteiger partial charge in [-0.2, -0.15) is 0 Å². The zero-order valence-corrected chi connectivity index (χ0v) is 13.4. The van der Waals surface area contributed by atoms with E-state index in [9.17, 15) is 0 Å². The van der Waals surface area contributed by atoms with E-state index in [-0.39, 0.29) is 0 Å². The summed E-state index contributed by atoms with van der Waals surface area (Å²) >= 11 is 5.95. The lowest BCUT2D eigenvalue weighted by Gasteiger charge is -2.29. The molecule has 0 saturated heterocycles. The molecule has 2 nitrogen and oxygen atoms in total. The third-order valence-corrected chi connectivity index (χ3v) is 4.33. The van der Waals surface area contributed by atoms with Crippen LogP contribution in [0, 0.1) is 0 Å². The summed E-state index contributed by atoms with van der Waals surface area (Å²) in [6.45, 7) is 3.80. The molecule has 3 heteroatoms. The molecule has 0 bridgehead atoms. The first-order chi connectivity index (χ1) is 10.1. The van der Waals surface area contributed by atoms with Gasteiger partial charge in [0.1, 0.15) is 0 Å². The summed E-state index contributed by atoms with van der Waals surface area (Å²) in [5, 5.41) is 0.776. The van der Waals surface area contributed by atoms with Crippen LogP contribution in [0.1, 0.15) is 30.0 Å². The van der Waals surface area contributed by atoms with Crippen LogP contribution >= 0.6 is 11.6 Å². The predicted octanol–water partition coefficient (Wildman–Crippen LogP) is 4.08. The van der Waals surface area contributed by atoms with E-state index in [0.717, 1.165) is 11.6 Å². The van der Waals surface area contributed by atoms with Crippen molar-refractivity contribution in [3.05, 3.63) is 70.7 Å². The fraction of sp³-hybridized carbons (Fsp3) is 0.333. The van der Waals surface area contributed by atoms with Crippen molar-refractivity contribution >= 4 is 11.6 Å². The quantitative estimate of drug-likeness (QED) is 0.871. The maximum atomic E-state index is 5.97. The fourth-order valence-corrected chi connectivity index (χ4v) is 2.67. The second kappa shape index (κ2) is 7.60. The highest BCUT2D eigenvalue weighted by atomic mass is 35.5. The third kappa shape index (κ3) is 4.31. The van der Waals surface area contributed by atoms with E-state index in [1.54, 1.807) is 0 Å². The normalized spacial score (nSPS) is 14.1. The maximum Gasteiger partial charge on any atom is 0.0406 e. The molecule has 0 fully saturated rings. The molecule has 0 radical (unpaired) electrons. The van der Waals surface area contributed by atoms with Crippen LogP contribution in [-0.4, -0.2) is 25.0 Å². The maximum absolute atomic E-state index is 5.97. The van der Waals surface area contributed by atoms with Gasteiger partial charge in [-0.15, -0.1) is 0 Å². The van der Waals surface area contributed by atoms with Crippen LogP contribution in [0.5, 0.6) is 0 Å². The molecule has 0 spiro atoms. The van der Waals surface area contributed by atoms with Crippen LogP contribution in [0.25, 0.3) is 0 Å². The van der Waals surface area contributed by atoms with E-state index >= 15 is 0 Å². The monoisotopic (exact) mass is 302 g/mol. The molecule has 112 valence electrons. The molecular weight excluding hydrogens is 280 g/mol. The average Bonchev–Trinajstić information content (AvgIpc) is 2.53. The summed E-state index contributed by atoms with van der Waals surface area (Å²) in [7, 11) is 2.14. The van der Waals surface area contributed by atoms with Crippen LogP contribution in [0.4, 0.5) is 0 Å². The molecule has 2 unspecified atom stereocenters. The van der Waals surface area contributed by atoms with Gasteiger partial charge in [0.15, 0.2) is 0 Å². The minimum atomic E-state index is 0.333. The Bertz CT molecular complexity index is 539. The van der Waals surface area contributed by atoms with Crippen LogP contribution in [0.3, 0.4) is 0 Å². The van der Waals surface area contributed by atoms with E-state index in [1.807, 2.05) is 18.2 Å². The third-order valence-electron chi connectivity index (χ3n) is 4.08. The van der Waals surface area contributed by atoms with E-state index < -0.39 is 0 Å². The van der Waals surface area contributed by atoms with Gasteiger partial charge in [-0.3, -0.25) is 4.90 Å². The molecule has 0 aliphatic heterocycles. The summed E-state index contributed by atoms with van der Waals surface area (Å²) in [5.74, 6) is 0.353. The Morgan fingerprint density at radius 3 is 2.19 bits per heavy atom. The van der Waals surface area contributed by atoms with Gasteiger partial charge in [-0.1, -0.05) is 54.1 Å². The SMILES string of the molecule is CC(c1ccc(Cl)cc1)N(C)CC(CN)c1ccccc1. The molecule has 2 aromatic carbocycles. The Morgan fingerprint density at radius 1 is 1.00 bits per heavy atom. The zero-order chi connectivity index (χ0) is 15.2. The minimum Gasteiger partial charge on any atom is -0.330 e. The molecule has 0 aliphatic carbocycles. The first-order valence-corrected chi connectivity index (χ1v) is 7.70. The summed E-state index contributed by atoms with van der Waals surface area (Å²) in [5.41, 5.74) is 8.54. The molecule has 2 atom stereocenters. The fourth-order valence-electron chi connectivity index (χ4n) is 2.54. The summed E-state index contributed by atoms with van der Waals surface area (Å²) in [6, 6.07) is 18.9. The molecule has 2 aromatic rings. The predicted molar refractivity (Wildman–Crippen MR) is 90.7 cm³/mol. The summed E-state index contributed by atoms with van der Waals surface area (Å²) < 4.78 is 0. The molecule has 0 aromatic heterocycles. The molecular formula is C18H23ClN2. The first-order valence-electron chi connectivity index (χ1n) is 7.32. The minimum absolute atomic E-state index is 0.333. The zero-order valence-electron chi connectivity index (χ0n) is 12.7. The Labute approximate surface area is 132 Å². The first kappa shape index (κ1) is 16.0. The van der Waals surface area contributed by atoms with E-state index in [1.165, 1.54) is 11.1 Å². The van der Waals surface area contributed by atoms with Gasteiger partial charge in [0.25, 0.3) is 0 Å². The topological polar surface area (TPSA) is 29.3 Å². The van der Waals surface area contributed by atoms with Crippen LogP contribution in [0.2, 0.25) is 5.02 Å². The van der Waals surface area contributed by atoms with Gasteiger partial charge in [0, 0.05) is 30.1 Å². The number of halogens is 1. The van der Waals surface area contributed by atoms with Gasteiger partial charge in [-0.25, -0.2) is 0 Å². The standard InChI is InChI=1S/C18H23ClN2/c1-14(15-8-10-18(19)11-9-15)21(2)13-17(12-20)16-6-4-3-5-7-16/h3-11,14,17H,12-13,20H2,1-2H3. The highest BCUT2D eigenvalue weighted by Gasteiger charge is 2.17. The number of nitrogens with two attached hydrogens (primary N) is 1. The molecule has 0 saturated carbocycles. The van der Waals surface area contributed by atoms with Gasteiger partial charge in [0.05, 0.1) is 0 Å². The Kier molecular flexibility index (Phi) is 5.80. The van der Waals surface area contributed by atoms with Gasteiger partial charge < -0.3 is 5.73 Å². The lowest BCUT2D eigenvalue weighted by molar-refractivity contribution is 0.246. The Morgan fingerprint density at radius 2 is 1.62 bits per heavy atom. The number of likely N-dealkylation sites (N-methyl/N-ethyl adjacent to an activating group) is 1. The highest BCUT2D eigenvalue weighted by molar-refractivity contribution is 6.30. The molecule has 0 amide bonds. The van der Waals surface area contributed by atoms with Crippen molar-refractivity contribution < 1.29 is 0 Å². The molecule has 2 N–H and O–H groups in total. The van der Waals surface area contributed by atoms with E-state index in [4.69, 9.17) is 17.3 Å². The number of hydrogen-bond acceptors (Lipinski definition) is 2. The van der Waals surface area contributed by atoms with Crippen molar-refractivity contribution in [2.24, 2.45) is 5.73 Å². The Hall–Kier alpha value is -1.35. The Balaban J connectivity index is 2.05. The molecule has 21 heavy (non-hydrogen) atoms. The lowest BCUT2D eigenvalue weighted by Crippen LogP contribution is -2.30. The van der Waals surface area contributed by atoms with Crippen LogP contribution in [-0.2, 0) is 0 Å². The highest BCUT2D eigenvalue weighted by Crippen LogP contribution is 2.24. The van der Waals surface area contributed by atoms with Crippen molar-refractivity contribution in [2.45, 2.75) is 18.9 Å². The van der Waals surface area contributed by atoms with Crippen molar-refractivity contribution in [3.63, 3.8) is 0 Å². The van der Waals surface area contributed by atoms with Gasteiger partial charge >= 0.3 is 0 Å². The van der Waals surface area contributed by atoms with Crippen molar-refractivity contribution in [3.8, 4) is 0 Å². The molecule has 0 aliphatic rings. The van der Waals surface area contributed by atoms with Crippen molar-refractivity contribution in [1.82, 2.24) is 4.90 Å². The van der Waals surface area contributed by atoms with E-state index in [0.29, 0.717) is 18.5 Å². The van der Waals surface area contributed by atoms with E-state index in [2.05, 4.69) is 55.3 Å². The van der Waals surface area contributed by atoms with Crippen molar-refractivity contribution in [2.75, 3.05) is 20.1 Å². The van der Waals surface area contributed by atoms with Crippen LogP contribution < -0.4 is 5.73 Å². The number of rotatable bonds is 6. The summed E-state index contributed by atoms with van der Waals surface area (Å²) in [4.78, 5) is 2.34.